The average Bonchev–Trinajstić information content (AvgIpc) is 2.04. The van der Waals surface area contributed by atoms with Crippen molar-refractivity contribution in [2.24, 2.45) is 5.84 Å². The lowest BCUT2D eigenvalue weighted by Crippen LogP contribution is -2.53. The molecule has 1 fully saturated rings. The zero-order chi connectivity index (χ0) is 9.14. The van der Waals surface area contributed by atoms with Crippen LogP contribution in [-0.2, 0) is 0 Å². The minimum Gasteiger partial charge on any atom is -0.331 e. The second-order valence-electron chi connectivity index (χ2n) is 3.20. The van der Waals surface area contributed by atoms with Gasteiger partial charge in [0.1, 0.15) is 0 Å². The van der Waals surface area contributed by atoms with Gasteiger partial charge in [0.15, 0.2) is 0 Å². The van der Waals surface area contributed by atoms with E-state index < -0.39 is 0 Å². The Labute approximate surface area is 72.7 Å². The van der Waals surface area contributed by atoms with Crippen molar-refractivity contribution in [3.8, 4) is 0 Å². The molecule has 12 heavy (non-hydrogen) atoms. The van der Waals surface area contributed by atoms with Crippen molar-refractivity contribution in [2.45, 2.75) is 0 Å². The van der Waals surface area contributed by atoms with Crippen LogP contribution >= 0.6 is 0 Å². The van der Waals surface area contributed by atoms with Gasteiger partial charge in [-0.1, -0.05) is 0 Å². The normalized spacial score (nSPS) is 19.4. The quantitative estimate of drug-likeness (QED) is 0.485. The highest BCUT2D eigenvalue weighted by molar-refractivity contribution is 5.73. The van der Waals surface area contributed by atoms with E-state index in [1.165, 1.54) is 0 Å². The van der Waals surface area contributed by atoms with E-state index in [4.69, 9.17) is 5.84 Å². The molecule has 1 rings (SSSR count). The Kier molecular flexibility index (Phi) is 2.88. The minimum absolute atomic E-state index is 0.0723. The summed E-state index contributed by atoms with van der Waals surface area (Å²) >= 11 is 0. The number of urea groups is 1. The van der Waals surface area contributed by atoms with Gasteiger partial charge in [-0.05, 0) is 0 Å². The van der Waals surface area contributed by atoms with Crippen LogP contribution in [0.2, 0.25) is 0 Å². The third-order valence-corrected chi connectivity index (χ3v) is 1.97. The fourth-order valence-corrected chi connectivity index (χ4v) is 1.20. The zero-order valence-electron chi connectivity index (χ0n) is 7.66. The predicted octanol–water partition coefficient (Wildman–Crippen LogP) is -0.841. The molecule has 2 N–H and O–H groups in total. The summed E-state index contributed by atoms with van der Waals surface area (Å²) in [6.07, 6.45) is 0. The zero-order valence-corrected chi connectivity index (χ0v) is 7.66. The maximum Gasteiger partial charge on any atom is 0.319 e. The van der Waals surface area contributed by atoms with Gasteiger partial charge in [-0.25, -0.2) is 9.80 Å². The molecule has 0 unspecified atom stereocenters. The number of carbonyl (C=O) groups excluding carboxylic acids is 1. The third-order valence-electron chi connectivity index (χ3n) is 1.97. The van der Waals surface area contributed by atoms with Crippen LogP contribution in [0.25, 0.3) is 0 Å². The first-order valence-corrected chi connectivity index (χ1v) is 4.07. The van der Waals surface area contributed by atoms with Gasteiger partial charge in [0, 0.05) is 40.3 Å². The van der Waals surface area contributed by atoms with Crippen molar-refractivity contribution in [2.75, 3.05) is 40.3 Å². The van der Waals surface area contributed by atoms with Crippen LogP contribution < -0.4 is 5.84 Å². The molecule has 0 aromatic rings. The van der Waals surface area contributed by atoms with Crippen LogP contribution in [0.4, 0.5) is 4.79 Å². The molecule has 1 heterocycles. The van der Waals surface area contributed by atoms with Crippen molar-refractivity contribution in [1.29, 1.82) is 0 Å². The lowest BCUT2D eigenvalue weighted by atomic mass is 10.4. The van der Waals surface area contributed by atoms with Crippen LogP contribution in [0, 0.1) is 0 Å². The van der Waals surface area contributed by atoms with E-state index in [0.717, 1.165) is 26.2 Å². The molecule has 0 radical (unpaired) electrons. The van der Waals surface area contributed by atoms with Crippen LogP contribution in [0.5, 0.6) is 0 Å². The summed E-state index contributed by atoms with van der Waals surface area (Å²) < 4.78 is 0. The van der Waals surface area contributed by atoms with Gasteiger partial charge >= 0.3 is 6.03 Å². The molecule has 0 aromatic heterocycles. The fraction of sp³-hybridized carbons (Fsp3) is 0.857. The van der Waals surface area contributed by atoms with E-state index in [9.17, 15) is 4.79 Å². The Morgan fingerprint density at radius 1 is 1.25 bits per heavy atom. The Bertz CT molecular complexity index is 163. The molecule has 0 atom stereocenters. The number of piperazine rings is 1. The molecule has 1 saturated heterocycles. The molecule has 0 bridgehead atoms. The third kappa shape index (κ3) is 2.09. The molecular formula is C7H16N4O. The predicted molar refractivity (Wildman–Crippen MR) is 46.4 cm³/mol. The highest BCUT2D eigenvalue weighted by Crippen LogP contribution is 2.00. The highest BCUT2D eigenvalue weighted by atomic mass is 16.2. The standard InChI is InChI=1S/C7H16N4O/c1-9(2)7(12)10-3-5-11(8)6-4-10/h3-6,8H2,1-2H3. The number of hydrazine groups is 1. The van der Waals surface area contributed by atoms with Gasteiger partial charge in [0.2, 0.25) is 0 Å². The second-order valence-corrected chi connectivity index (χ2v) is 3.20. The summed E-state index contributed by atoms with van der Waals surface area (Å²) in [5.41, 5.74) is 0. The van der Waals surface area contributed by atoms with Crippen molar-refractivity contribution in [3.63, 3.8) is 0 Å². The Balaban J connectivity index is 2.39. The summed E-state index contributed by atoms with van der Waals surface area (Å²) in [5.74, 6) is 5.55. The van der Waals surface area contributed by atoms with Crippen molar-refractivity contribution in [3.05, 3.63) is 0 Å². The first-order chi connectivity index (χ1) is 5.61. The number of hydrogen-bond acceptors (Lipinski definition) is 3. The molecule has 0 aliphatic carbocycles. The maximum atomic E-state index is 11.4. The van der Waals surface area contributed by atoms with Gasteiger partial charge in [0.05, 0.1) is 0 Å². The van der Waals surface area contributed by atoms with E-state index in [1.54, 1.807) is 24.0 Å². The molecule has 0 aromatic carbocycles. The SMILES string of the molecule is CN(C)C(=O)N1CCN(N)CC1. The summed E-state index contributed by atoms with van der Waals surface area (Å²) in [6.45, 7) is 2.99. The molecule has 1 aliphatic rings. The van der Waals surface area contributed by atoms with Gasteiger partial charge in [-0.3, -0.25) is 5.84 Å². The Hall–Kier alpha value is -0.810. The fourth-order valence-electron chi connectivity index (χ4n) is 1.20. The lowest BCUT2D eigenvalue weighted by molar-refractivity contribution is 0.124. The minimum atomic E-state index is 0.0723. The number of nitrogens with zero attached hydrogens (tertiary/aromatic N) is 3. The van der Waals surface area contributed by atoms with Crippen LogP contribution in [0.15, 0.2) is 0 Å². The van der Waals surface area contributed by atoms with E-state index in [-0.39, 0.29) is 6.03 Å². The lowest BCUT2D eigenvalue weighted by Gasteiger charge is -2.33. The number of carbonyl (C=O) groups is 1. The van der Waals surface area contributed by atoms with E-state index >= 15 is 0 Å². The summed E-state index contributed by atoms with van der Waals surface area (Å²) in [4.78, 5) is 14.8. The number of rotatable bonds is 0. The van der Waals surface area contributed by atoms with Gasteiger partial charge in [-0.2, -0.15) is 0 Å². The van der Waals surface area contributed by atoms with Crippen LogP contribution in [-0.4, -0.2) is 61.1 Å². The van der Waals surface area contributed by atoms with Crippen molar-refractivity contribution >= 4 is 6.03 Å². The summed E-state index contributed by atoms with van der Waals surface area (Å²) in [5, 5.41) is 1.74. The summed E-state index contributed by atoms with van der Waals surface area (Å²) in [6, 6.07) is 0.0723. The molecule has 5 heteroatoms. The van der Waals surface area contributed by atoms with E-state index in [2.05, 4.69) is 0 Å². The van der Waals surface area contributed by atoms with Crippen molar-refractivity contribution in [1.82, 2.24) is 14.8 Å². The van der Waals surface area contributed by atoms with Gasteiger partial charge in [0.25, 0.3) is 0 Å². The molecule has 5 nitrogen and oxygen atoms in total. The molecule has 2 amide bonds. The monoisotopic (exact) mass is 172 g/mol. The molecular weight excluding hydrogens is 156 g/mol. The second kappa shape index (κ2) is 3.73. The maximum absolute atomic E-state index is 11.4. The molecule has 0 spiro atoms. The van der Waals surface area contributed by atoms with Crippen LogP contribution in [0.1, 0.15) is 0 Å². The number of amides is 2. The Morgan fingerprint density at radius 3 is 2.17 bits per heavy atom. The largest absolute Gasteiger partial charge is 0.331 e. The summed E-state index contributed by atoms with van der Waals surface area (Å²) in [7, 11) is 3.52. The first kappa shape index (κ1) is 9.28. The average molecular weight is 172 g/mol. The highest BCUT2D eigenvalue weighted by Gasteiger charge is 2.19. The topological polar surface area (TPSA) is 52.8 Å². The molecule has 0 saturated carbocycles. The Morgan fingerprint density at radius 2 is 1.75 bits per heavy atom. The number of nitrogens with two attached hydrogens (primary N) is 1. The molecule has 1 aliphatic heterocycles. The van der Waals surface area contributed by atoms with E-state index in [1.807, 2.05) is 4.90 Å². The molecule has 70 valence electrons. The first-order valence-electron chi connectivity index (χ1n) is 4.07. The van der Waals surface area contributed by atoms with Crippen LogP contribution in [0.3, 0.4) is 0 Å². The smallest absolute Gasteiger partial charge is 0.319 e. The van der Waals surface area contributed by atoms with E-state index in [0.29, 0.717) is 0 Å². The van der Waals surface area contributed by atoms with Gasteiger partial charge in [-0.15, -0.1) is 0 Å². The van der Waals surface area contributed by atoms with Crippen molar-refractivity contribution < 1.29 is 4.79 Å². The number of hydrogen-bond donors (Lipinski definition) is 1. The van der Waals surface area contributed by atoms with Gasteiger partial charge < -0.3 is 9.80 Å².